The third-order valence-corrected chi connectivity index (χ3v) is 2.96. The van der Waals surface area contributed by atoms with Gasteiger partial charge in [0.15, 0.2) is 5.65 Å². The van der Waals surface area contributed by atoms with E-state index in [1.54, 1.807) is 6.07 Å². The van der Waals surface area contributed by atoms with Crippen LogP contribution < -0.4 is 11.0 Å². The number of H-pyrrole nitrogens is 1. The van der Waals surface area contributed by atoms with Crippen molar-refractivity contribution in [1.82, 2.24) is 24.5 Å². The highest BCUT2D eigenvalue weighted by Gasteiger charge is 2.04. The first-order valence-corrected chi connectivity index (χ1v) is 5.95. The zero-order chi connectivity index (χ0) is 13.1. The van der Waals surface area contributed by atoms with E-state index in [1.165, 1.54) is 10.7 Å². The van der Waals surface area contributed by atoms with Gasteiger partial charge in [0, 0.05) is 25.2 Å². The van der Waals surface area contributed by atoms with Crippen LogP contribution in [0.5, 0.6) is 0 Å². The molecule has 0 bridgehead atoms. The van der Waals surface area contributed by atoms with Crippen LogP contribution in [0.4, 0.5) is 5.82 Å². The Hall–Kier alpha value is -1.89. The number of rotatable bonds is 5. The summed E-state index contributed by atoms with van der Waals surface area (Å²) >= 11 is 0. The van der Waals surface area contributed by atoms with Crippen molar-refractivity contribution in [2.24, 2.45) is 0 Å². The molecule has 0 radical (unpaired) electrons. The molecule has 2 aromatic heterocycles. The highest BCUT2D eigenvalue weighted by atomic mass is 16.1. The second-order valence-electron chi connectivity index (χ2n) is 4.53. The minimum atomic E-state index is -0.274. The summed E-state index contributed by atoms with van der Waals surface area (Å²) in [6, 6.07) is 2.26. The molecule has 0 aliphatic carbocycles. The quantitative estimate of drug-likeness (QED) is 0.791. The molecular formula is C11H18N6O. The smallest absolute Gasteiger partial charge is 0.348 e. The van der Waals surface area contributed by atoms with Gasteiger partial charge in [-0.3, -0.25) is 0 Å². The van der Waals surface area contributed by atoms with Crippen molar-refractivity contribution in [3.63, 3.8) is 0 Å². The molecule has 7 nitrogen and oxygen atoms in total. The molecule has 2 heterocycles. The Balaban J connectivity index is 1.98. The van der Waals surface area contributed by atoms with E-state index in [2.05, 4.69) is 46.3 Å². The second kappa shape index (κ2) is 5.18. The number of aromatic nitrogens is 4. The molecule has 0 fully saturated rings. The molecule has 0 saturated heterocycles. The monoisotopic (exact) mass is 250 g/mol. The molecule has 98 valence electrons. The van der Waals surface area contributed by atoms with Gasteiger partial charge < -0.3 is 10.2 Å². The van der Waals surface area contributed by atoms with Gasteiger partial charge >= 0.3 is 5.69 Å². The summed E-state index contributed by atoms with van der Waals surface area (Å²) in [6.07, 6.45) is 1.47. The SMILES string of the molecule is CC(C)N(C)CCNc1cc2n[nH]c(=O)n2cn1. The van der Waals surface area contributed by atoms with E-state index >= 15 is 0 Å². The summed E-state index contributed by atoms with van der Waals surface area (Å²) < 4.78 is 1.37. The number of aromatic amines is 1. The predicted molar refractivity (Wildman–Crippen MR) is 69.9 cm³/mol. The molecule has 0 aromatic carbocycles. The summed E-state index contributed by atoms with van der Waals surface area (Å²) in [6.45, 7) is 6.03. The van der Waals surface area contributed by atoms with Crippen LogP contribution in [0.1, 0.15) is 13.8 Å². The van der Waals surface area contributed by atoms with Crippen LogP contribution in [0.25, 0.3) is 5.65 Å². The maximum atomic E-state index is 11.2. The number of nitrogens with one attached hydrogen (secondary N) is 2. The van der Waals surface area contributed by atoms with Crippen LogP contribution in [0.2, 0.25) is 0 Å². The zero-order valence-corrected chi connectivity index (χ0v) is 10.8. The lowest BCUT2D eigenvalue weighted by molar-refractivity contribution is 0.284. The Kier molecular flexibility index (Phi) is 3.61. The largest absolute Gasteiger partial charge is 0.369 e. The Morgan fingerprint density at radius 1 is 1.56 bits per heavy atom. The fraction of sp³-hybridized carbons (Fsp3) is 0.545. The lowest BCUT2D eigenvalue weighted by atomic mass is 10.3. The number of anilines is 1. The summed E-state index contributed by atoms with van der Waals surface area (Å²) in [5, 5.41) is 9.47. The Morgan fingerprint density at radius 3 is 3.06 bits per heavy atom. The zero-order valence-electron chi connectivity index (χ0n) is 10.8. The van der Waals surface area contributed by atoms with Crippen molar-refractivity contribution < 1.29 is 0 Å². The van der Waals surface area contributed by atoms with Crippen molar-refractivity contribution in [3.8, 4) is 0 Å². The van der Waals surface area contributed by atoms with Crippen LogP contribution in [0.3, 0.4) is 0 Å². The highest BCUT2D eigenvalue weighted by Crippen LogP contribution is 2.03. The number of nitrogens with zero attached hydrogens (tertiary/aromatic N) is 4. The number of hydrogen-bond acceptors (Lipinski definition) is 5. The molecule has 0 aliphatic heterocycles. The van der Waals surface area contributed by atoms with Gasteiger partial charge in [-0.15, -0.1) is 0 Å². The van der Waals surface area contributed by atoms with Gasteiger partial charge in [-0.05, 0) is 20.9 Å². The molecule has 0 amide bonds. The van der Waals surface area contributed by atoms with Crippen molar-refractivity contribution in [2.45, 2.75) is 19.9 Å². The van der Waals surface area contributed by atoms with Crippen molar-refractivity contribution in [2.75, 3.05) is 25.5 Å². The van der Waals surface area contributed by atoms with Crippen molar-refractivity contribution in [1.29, 1.82) is 0 Å². The summed E-state index contributed by atoms with van der Waals surface area (Å²) in [7, 11) is 2.08. The molecule has 0 saturated carbocycles. The standard InChI is InChI=1S/C11H18N6O/c1-8(2)16(3)5-4-12-9-6-10-14-15-11(18)17(10)7-13-9/h6-8,12H,4-5H2,1-3H3,(H,15,18). The first-order valence-electron chi connectivity index (χ1n) is 5.95. The summed E-state index contributed by atoms with van der Waals surface area (Å²) in [5.74, 6) is 0.721. The Morgan fingerprint density at radius 2 is 2.33 bits per heavy atom. The van der Waals surface area contributed by atoms with E-state index in [9.17, 15) is 4.79 Å². The van der Waals surface area contributed by atoms with Crippen molar-refractivity contribution >= 4 is 11.5 Å². The molecule has 0 unspecified atom stereocenters. The second-order valence-corrected chi connectivity index (χ2v) is 4.53. The van der Waals surface area contributed by atoms with E-state index < -0.39 is 0 Å². The Bertz CT molecular complexity index is 572. The van der Waals surface area contributed by atoms with Crippen molar-refractivity contribution in [3.05, 3.63) is 22.9 Å². The topological polar surface area (TPSA) is 78.3 Å². The maximum absolute atomic E-state index is 11.2. The van der Waals surface area contributed by atoms with Crippen LogP contribution in [-0.4, -0.2) is 50.7 Å². The van der Waals surface area contributed by atoms with Gasteiger partial charge in [0.2, 0.25) is 0 Å². The number of likely N-dealkylation sites (N-methyl/N-ethyl adjacent to an activating group) is 1. The van der Waals surface area contributed by atoms with E-state index in [1.807, 2.05) is 0 Å². The highest BCUT2D eigenvalue weighted by molar-refractivity contribution is 5.48. The lowest BCUT2D eigenvalue weighted by Crippen LogP contribution is -2.31. The fourth-order valence-corrected chi connectivity index (χ4v) is 1.52. The van der Waals surface area contributed by atoms with Gasteiger partial charge in [-0.25, -0.2) is 19.3 Å². The molecule has 0 atom stereocenters. The maximum Gasteiger partial charge on any atom is 0.348 e. The average Bonchev–Trinajstić information content (AvgIpc) is 2.70. The average molecular weight is 250 g/mol. The summed E-state index contributed by atoms with van der Waals surface area (Å²) in [5.41, 5.74) is 0.290. The molecule has 2 aromatic rings. The van der Waals surface area contributed by atoms with E-state index in [4.69, 9.17) is 0 Å². The third-order valence-electron chi connectivity index (χ3n) is 2.96. The molecular weight excluding hydrogens is 232 g/mol. The normalized spacial score (nSPS) is 11.6. The van der Waals surface area contributed by atoms with Crippen LogP contribution in [0.15, 0.2) is 17.2 Å². The molecule has 2 rings (SSSR count). The predicted octanol–water partition coefficient (Wildman–Crippen LogP) is 0.170. The number of fused-ring (bicyclic) bond motifs is 1. The Labute approximate surface area is 105 Å². The van der Waals surface area contributed by atoms with Gasteiger partial charge in [0.05, 0.1) is 0 Å². The molecule has 2 N–H and O–H groups in total. The first kappa shape index (κ1) is 12.6. The number of hydrogen-bond donors (Lipinski definition) is 2. The minimum absolute atomic E-state index is 0.274. The lowest BCUT2D eigenvalue weighted by Gasteiger charge is -2.20. The van der Waals surface area contributed by atoms with Crippen LogP contribution in [-0.2, 0) is 0 Å². The van der Waals surface area contributed by atoms with Gasteiger partial charge in [-0.2, -0.15) is 5.10 Å². The van der Waals surface area contributed by atoms with E-state index in [0.717, 1.165) is 18.9 Å². The molecule has 7 heteroatoms. The summed E-state index contributed by atoms with van der Waals surface area (Å²) in [4.78, 5) is 17.6. The van der Waals surface area contributed by atoms with E-state index in [0.29, 0.717) is 11.7 Å². The first-order chi connectivity index (χ1) is 8.58. The van der Waals surface area contributed by atoms with Crippen LogP contribution >= 0.6 is 0 Å². The minimum Gasteiger partial charge on any atom is -0.369 e. The van der Waals surface area contributed by atoms with Gasteiger partial charge in [-0.1, -0.05) is 0 Å². The molecule has 0 aliphatic rings. The van der Waals surface area contributed by atoms with Crippen LogP contribution in [0, 0.1) is 0 Å². The molecule has 0 spiro atoms. The van der Waals surface area contributed by atoms with Gasteiger partial charge in [0.25, 0.3) is 0 Å². The fourth-order valence-electron chi connectivity index (χ4n) is 1.52. The van der Waals surface area contributed by atoms with E-state index in [-0.39, 0.29) is 5.69 Å². The molecule has 18 heavy (non-hydrogen) atoms. The van der Waals surface area contributed by atoms with Gasteiger partial charge in [0.1, 0.15) is 12.1 Å². The third kappa shape index (κ3) is 2.67.